The number of rotatable bonds is 14. The molecule has 1 aromatic heterocycles. The summed E-state index contributed by atoms with van der Waals surface area (Å²) in [6.45, 7) is 8.79. The highest BCUT2D eigenvalue weighted by Gasteiger charge is 2.26. The van der Waals surface area contributed by atoms with Crippen LogP contribution in [0, 0.1) is 18.7 Å². The van der Waals surface area contributed by atoms with Crippen molar-refractivity contribution in [2.45, 2.75) is 65.5 Å². The Kier molecular flexibility index (Phi) is 12.2. The summed E-state index contributed by atoms with van der Waals surface area (Å²) in [4.78, 5) is 45.8. The maximum atomic E-state index is 13.6. The predicted molar refractivity (Wildman–Crippen MR) is 164 cm³/mol. The van der Waals surface area contributed by atoms with Crippen LogP contribution < -0.4 is 16.4 Å². The van der Waals surface area contributed by atoms with Gasteiger partial charge in [0.2, 0.25) is 5.91 Å². The van der Waals surface area contributed by atoms with E-state index in [1.165, 1.54) is 30.3 Å². The highest BCUT2D eigenvalue weighted by Crippen LogP contribution is 2.17. The average Bonchev–Trinajstić information content (AvgIpc) is 2.97. The average molecular weight is 576 g/mol. The maximum absolute atomic E-state index is 13.6. The quantitative estimate of drug-likeness (QED) is 0.247. The smallest absolute Gasteiger partial charge is 0.272 e. The number of halogens is 1. The fraction of sp³-hybridized carbons (Fsp3) is 0.394. The number of hydrogen-bond donors (Lipinski definition) is 3. The second-order valence-electron chi connectivity index (χ2n) is 10.7. The van der Waals surface area contributed by atoms with Crippen LogP contribution >= 0.6 is 0 Å². The van der Waals surface area contributed by atoms with Gasteiger partial charge in [0.05, 0.1) is 0 Å². The van der Waals surface area contributed by atoms with Gasteiger partial charge in [0.1, 0.15) is 11.5 Å². The highest BCUT2D eigenvalue weighted by molar-refractivity contribution is 5.99. The lowest BCUT2D eigenvalue weighted by Crippen LogP contribution is -2.50. The molecule has 1 heterocycles. The van der Waals surface area contributed by atoms with Gasteiger partial charge < -0.3 is 21.3 Å². The molecular formula is C33H42FN5O3. The molecule has 0 aliphatic heterocycles. The van der Waals surface area contributed by atoms with Crippen LogP contribution in [0.3, 0.4) is 0 Å². The Labute approximate surface area is 247 Å². The number of carbonyl (C=O) groups excluding carboxylic acids is 3. The van der Waals surface area contributed by atoms with Gasteiger partial charge in [-0.15, -0.1) is 0 Å². The molecule has 0 radical (unpaired) electrons. The standard InChI is InChI=1S/C33H42FN5O3/c1-5-16-39(17-6-2)33(42)30-21-25(19-23(4)36-30)32(41)38-29(20-24-10-8-7-9-11-24)28(35)18-22(3)31(40)37-27-14-12-26(34)13-15-27/h7-15,19,21-22,28-29H,5-6,16-18,20,35H2,1-4H3,(H,37,40)(H,38,41)/t22-,28+,29+/m1/s1. The molecule has 0 bridgehead atoms. The fourth-order valence-corrected chi connectivity index (χ4v) is 4.83. The van der Waals surface area contributed by atoms with Crippen LogP contribution in [0.4, 0.5) is 10.1 Å². The number of anilines is 1. The Balaban J connectivity index is 1.78. The minimum Gasteiger partial charge on any atom is -0.347 e. The zero-order valence-electron chi connectivity index (χ0n) is 24.9. The van der Waals surface area contributed by atoms with Crippen molar-refractivity contribution in [3.8, 4) is 0 Å². The predicted octanol–water partition coefficient (Wildman–Crippen LogP) is 5.12. The first-order valence-corrected chi connectivity index (χ1v) is 14.6. The Morgan fingerprint density at radius 2 is 1.62 bits per heavy atom. The van der Waals surface area contributed by atoms with Gasteiger partial charge in [0.15, 0.2) is 0 Å². The molecule has 3 atom stereocenters. The van der Waals surface area contributed by atoms with Crippen LogP contribution in [0.1, 0.15) is 72.1 Å². The number of nitrogens with two attached hydrogens (primary N) is 1. The molecule has 4 N–H and O–H groups in total. The first-order chi connectivity index (χ1) is 20.1. The molecule has 0 aliphatic carbocycles. The van der Waals surface area contributed by atoms with Crippen LogP contribution in [0.15, 0.2) is 66.7 Å². The zero-order valence-corrected chi connectivity index (χ0v) is 24.9. The van der Waals surface area contributed by atoms with E-state index in [2.05, 4.69) is 15.6 Å². The van der Waals surface area contributed by atoms with Gasteiger partial charge in [-0.3, -0.25) is 14.4 Å². The summed E-state index contributed by atoms with van der Waals surface area (Å²) in [6, 6.07) is 17.4. The third-order valence-corrected chi connectivity index (χ3v) is 7.03. The largest absolute Gasteiger partial charge is 0.347 e. The van der Waals surface area contributed by atoms with Crippen molar-refractivity contribution in [1.29, 1.82) is 0 Å². The van der Waals surface area contributed by atoms with E-state index in [1.807, 2.05) is 44.2 Å². The van der Waals surface area contributed by atoms with E-state index in [1.54, 1.807) is 24.8 Å². The van der Waals surface area contributed by atoms with Crippen LogP contribution in [-0.2, 0) is 11.2 Å². The summed E-state index contributed by atoms with van der Waals surface area (Å²) in [5, 5.41) is 5.85. The second-order valence-corrected chi connectivity index (χ2v) is 10.7. The van der Waals surface area contributed by atoms with Crippen molar-refractivity contribution < 1.29 is 18.8 Å². The summed E-state index contributed by atoms with van der Waals surface area (Å²) in [7, 11) is 0. The molecular weight excluding hydrogens is 533 g/mol. The number of carbonyl (C=O) groups is 3. The lowest BCUT2D eigenvalue weighted by atomic mass is 9.92. The first-order valence-electron chi connectivity index (χ1n) is 14.6. The molecule has 0 saturated heterocycles. The molecule has 0 unspecified atom stereocenters. The van der Waals surface area contributed by atoms with Gasteiger partial charge in [-0.25, -0.2) is 9.37 Å². The van der Waals surface area contributed by atoms with Gasteiger partial charge >= 0.3 is 0 Å². The molecule has 3 aromatic rings. The van der Waals surface area contributed by atoms with E-state index in [9.17, 15) is 18.8 Å². The summed E-state index contributed by atoms with van der Waals surface area (Å²) in [5.74, 6) is -1.68. The molecule has 2 aromatic carbocycles. The lowest BCUT2D eigenvalue weighted by molar-refractivity contribution is -0.119. The molecule has 224 valence electrons. The maximum Gasteiger partial charge on any atom is 0.272 e. The molecule has 3 amide bonds. The van der Waals surface area contributed by atoms with Crippen LogP contribution in [-0.4, -0.2) is 52.8 Å². The Morgan fingerprint density at radius 1 is 0.976 bits per heavy atom. The van der Waals surface area contributed by atoms with Gasteiger partial charge in [-0.1, -0.05) is 51.1 Å². The van der Waals surface area contributed by atoms with Crippen molar-refractivity contribution in [2.24, 2.45) is 11.7 Å². The Morgan fingerprint density at radius 3 is 2.24 bits per heavy atom. The first kappa shape index (κ1) is 32.4. The number of amides is 3. The minimum atomic E-state index is -0.559. The monoisotopic (exact) mass is 575 g/mol. The van der Waals surface area contributed by atoms with E-state index in [-0.39, 0.29) is 29.2 Å². The Bertz CT molecular complexity index is 1330. The highest BCUT2D eigenvalue weighted by atomic mass is 19.1. The number of nitrogens with one attached hydrogen (secondary N) is 2. The number of nitrogens with zero attached hydrogens (tertiary/aromatic N) is 2. The lowest BCUT2D eigenvalue weighted by Gasteiger charge is -2.27. The van der Waals surface area contributed by atoms with Crippen molar-refractivity contribution in [3.05, 3.63) is 95.1 Å². The number of benzene rings is 2. The molecule has 3 rings (SSSR count). The molecule has 0 aliphatic rings. The molecule has 0 spiro atoms. The number of aromatic nitrogens is 1. The second kappa shape index (κ2) is 15.8. The van der Waals surface area contributed by atoms with Gasteiger partial charge in [-0.05, 0) is 74.6 Å². The molecule has 0 saturated carbocycles. The summed E-state index contributed by atoms with van der Waals surface area (Å²) < 4.78 is 13.2. The van der Waals surface area contributed by atoms with E-state index in [0.29, 0.717) is 42.9 Å². The van der Waals surface area contributed by atoms with Crippen molar-refractivity contribution in [2.75, 3.05) is 18.4 Å². The van der Waals surface area contributed by atoms with Gasteiger partial charge in [-0.2, -0.15) is 0 Å². The van der Waals surface area contributed by atoms with Crippen molar-refractivity contribution >= 4 is 23.4 Å². The van der Waals surface area contributed by atoms with Gasteiger partial charge in [0.25, 0.3) is 11.8 Å². The van der Waals surface area contributed by atoms with Crippen LogP contribution in [0.5, 0.6) is 0 Å². The van der Waals surface area contributed by atoms with E-state index < -0.39 is 18.0 Å². The van der Waals surface area contributed by atoms with Crippen molar-refractivity contribution in [1.82, 2.24) is 15.2 Å². The summed E-state index contributed by atoms with van der Waals surface area (Å²) in [5.41, 5.74) is 9.24. The molecule has 0 fully saturated rings. The Hall–Kier alpha value is -4.11. The normalized spacial score (nSPS) is 13.1. The SMILES string of the molecule is CCCN(CCC)C(=O)c1cc(C(=O)N[C@@H](Cc2ccccc2)[C@@H](N)C[C@@H](C)C(=O)Nc2ccc(F)cc2)cc(C)n1. The van der Waals surface area contributed by atoms with Crippen LogP contribution in [0.2, 0.25) is 0 Å². The third-order valence-electron chi connectivity index (χ3n) is 7.03. The van der Waals surface area contributed by atoms with Crippen molar-refractivity contribution in [3.63, 3.8) is 0 Å². The van der Waals surface area contributed by atoms with Gasteiger partial charge in [0, 0.05) is 48.0 Å². The summed E-state index contributed by atoms with van der Waals surface area (Å²) >= 11 is 0. The summed E-state index contributed by atoms with van der Waals surface area (Å²) in [6.07, 6.45) is 2.40. The molecule has 8 nitrogen and oxygen atoms in total. The molecule has 42 heavy (non-hydrogen) atoms. The zero-order chi connectivity index (χ0) is 30.6. The number of aryl methyl sites for hydroxylation is 1. The molecule has 9 heteroatoms. The minimum absolute atomic E-state index is 0.199. The topological polar surface area (TPSA) is 117 Å². The van der Waals surface area contributed by atoms with E-state index >= 15 is 0 Å². The van der Waals surface area contributed by atoms with E-state index in [4.69, 9.17) is 5.73 Å². The third kappa shape index (κ3) is 9.48. The number of hydrogen-bond acceptors (Lipinski definition) is 5. The van der Waals surface area contributed by atoms with E-state index in [0.717, 1.165) is 18.4 Å². The number of pyridine rings is 1. The fourth-order valence-electron chi connectivity index (χ4n) is 4.83. The van der Waals surface area contributed by atoms with Crippen LogP contribution in [0.25, 0.3) is 0 Å².